The number of aromatic nitrogens is 2. The second-order valence-corrected chi connectivity index (χ2v) is 2.09. The summed E-state index contributed by atoms with van der Waals surface area (Å²) < 4.78 is 1.33. The van der Waals surface area contributed by atoms with Crippen LogP contribution in [0.5, 0.6) is 0 Å². The van der Waals surface area contributed by atoms with E-state index < -0.39 is 12.2 Å². The van der Waals surface area contributed by atoms with Crippen LogP contribution in [-0.4, -0.2) is 25.7 Å². The standard InChI is InChI=1S/C6H8N2O3/c9-5(3-6(10)11)8-2-1-7-4-8/h1-2,4-5,9H,3H2,(H,10,11). The zero-order chi connectivity index (χ0) is 8.27. The van der Waals surface area contributed by atoms with E-state index in [0.717, 1.165) is 0 Å². The van der Waals surface area contributed by atoms with E-state index in [2.05, 4.69) is 4.98 Å². The fourth-order valence-corrected chi connectivity index (χ4v) is 0.707. The van der Waals surface area contributed by atoms with Gasteiger partial charge in [0.25, 0.3) is 0 Å². The molecule has 60 valence electrons. The van der Waals surface area contributed by atoms with Crippen LogP contribution in [0.1, 0.15) is 12.6 Å². The Balaban J connectivity index is 2.56. The smallest absolute Gasteiger partial charge is 0.307 e. The molecule has 1 aromatic heterocycles. The summed E-state index contributed by atoms with van der Waals surface area (Å²) in [5, 5.41) is 17.4. The summed E-state index contributed by atoms with van der Waals surface area (Å²) in [5.74, 6) is -1.04. The van der Waals surface area contributed by atoms with Gasteiger partial charge in [0.1, 0.15) is 6.23 Å². The third-order valence-corrected chi connectivity index (χ3v) is 1.23. The van der Waals surface area contributed by atoms with Crippen molar-refractivity contribution < 1.29 is 15.0 Å². The molecule has 1 heterocycles. The molecule has 1 atom stereocenters. The number of carbonyl (C=O) groups is 1. The SMILES string of the molecule is O=C(O)CC(O)n1ccnc1. The summed E-state index contributed by atoms with van der Waals surface area (Å²) in [4.78, 5) is 13.8. The number of carboxylic acids is 1. The number of hydrogen-bond acceptors (Lipinski definition) is 3. The Bertz CT molecular complexity index is 232. The van der Waals surface area contributed by atoms with Crippen LogP contribution in [0.4, 0.5) is 0 Å². The molecule has 0 amide bonds. The first-order valence-electron chi connectivity index (χ1n) is 3.07. The summed E-state index contributed by atoms with van der Waals surface area (Å²) in [6.07, 6.45) is 3.03. The minimum atomic E-state index is -1.04. The number of carboxylic acid groups (broad SMARTS) is 1. The Kier molecular flexibility index (Phi) is 2.22. The van der Waals surface area contributed by atoms with Gasteiger partial charge in [-0.1, -0.05) is 0 Å². The average Bonchev–Trinajstić information content (AvgIpc) is 2.35. The molecule has 0 fully saturated rings. The fraction of sp³-hybridized carbons (Fsp3) is 0.333. The molecule has 0 bridgehead atoms. The Hall–Kier alpha value is -1.36. The number of hydrogen-bond donors (Lipinski definition) is 2. The maximum atomic E-state index is 10.1. The first-order chi connectivity index (χ1) is 5.20. The average molecular weight is 156 g/mol. The molecule has 1 rings (SSSR count). The summed E-state index contributed by atoms with van der Waals surface area (Å²) in [5.41, 5.74) is 0. The third kappa shape index (κ3) is 2.05. The second kappa shape index (κ2) is 3.16. The van der Waals surface area contributed by atoms with Crippen molar-refractivity contribution in [2.75, 3.05) is 0 Å². The van der Waals surface area contributed by atoms with Gasteiger partial charge in [-0.15, -0.1) is 0 Å². The first kappa shape index (κ1) is 7.74. The predicted octanol–water partition coefficient (Wildman–Crippen LogP) is -0.151. The highest BCUT2D eigenvalue weighted by molar-refractivity contribution is 5.66. The quantitative estimate of drug-likeness (QED) is 0.638. The fourth-order valence-electron chi connectivity index (χ4n) is 0.707. The van der Waals surface area contributed by atoms with Crippen molar-refractivity contribution in [3.63, 3.8) is 0 Å². The third-order valence-electron chi connectivity index (χ3n) is 1.23. The van der Waals surface area contributed by atoms with Crippen LogP contribution in [-0.2, 0) is 4.79 Å². The van der Waals surface area contributed by atoms with Gasteiger partial charge in [-0.25, -0.2) is 4.98 Å². The van der Waals surface area contributed by atoms with E-state index >= 15 is 0 Å². The summed E-state index contributed by atoms with van der Waals surface area (Å²) in [6, 6.07) is 0. The van der Waals surface area contributed by atoms with E-state index in [1.54, 1.807) is 0 Å². The number of imidazole rings is 1. The lowest BCUT2D eigenvalue weighted by atomic mass is 10.4. The molecule has 0 aliphatic rings. The highest BCUT2D eigenvalue weighted by Gasteiger charge is 2.09. The van der Waals surface area contributed by atoms with Gasteiger partial charge in [0.05, 0.1) is 12.7 Å². The molecule has 0 aliphatic carbocycles. The number of aliphatic hydroxyl groups is 1. The van der Waals surface area contributed by atoms with Gasteiger partial charge in [0, 0.05) is 12.4 Å². The molecule has 0 saturated heterocycles. The van der Waals surface area contributed by atoms with E-state index in [9.17, 15) is 4.79 Å². The van der Waals surface area contributed by atoms with E-state index in [4.69, 9.17) is 10.2 Å². The van der Waals surface area contributed by atoms with Gasteiger partial charge in [-0.2, -0.15) is 0 Å². The Morgan fingerprint density at radius 3 is 2.91 bits per heavy atom. The molecule has 2 N–H and O–H groups in total. The van der Waals surface area contributed by atoms with E-state index in [1.807, 2.05) is 0 Å². The normalized spacial score (nSPS) is 12.8. The lowest BCUT2D eigenvalue weighted by molar-refractivity contribution is -0.140. The lowest BCUT2D eigenvalue weighted by Gasteiger charge is -2.07. The van der Waals surface area contributed by atoms with Crippen LogP contribution in [0, 0.1) is 0 Å². The molecular weight excluding hydrogens is 148 g/mol. The molecule has 1 unspecified atom stereocenters. The topological polar surface area (TPSA) is 75.3 Å². The highest BCUT2D eigenvalue weighted by Crippen LogP contribution is 2.05. The van der Waals surface area contributed by atoms with Gasteiger partial charge < -0.3 is 14.8 Å². The second-order valence-electron chi connectivity index (χ2n) is 2.09. The Morgan fingerprint density at radius 1 is 1.73 bits per heavy atom. The molecule has 11 heavy (non-hydrogen) atoms. The molecule has 0 saturated carbocycles. The van der Waals surface area contributed by atoms with Crippen LogP contribution in [0.3, 0.4) is 0 Å². The number of aliphatic carboxylic acids is 1. The van der Waals surface area contributed by atoms with E-state index in [1.165, 1.54) is 23.3 Å². The molecule has 1 aromatic rings. The predicted molar refractivity (Wildman–Crippen MR) is 35.7 cm³/mol. The zero-order valence-corrected chi connectivity index (χ0v) is 5.71. The molecule has 5 nitrogen and oxygen atoms in total. The maximum absolute atomic E-state index is 10.1. The van der Waals surface area contributed by atoms with Gasteiger partial charge >= 0.3 is 5.97 Å². The van der Waals surface area contributed by atoms with Crippen LogP contribution in [0.25, 0.3) is 0 Å². The molecule has 0 spiro atoms. The van der Waals surface area contributed by atoms with Crippen LogP contribution in [0.15, 0.2) is 18.7 Å². The van der Waals surface area contributed by atoms with Crippen LogP contribution >= 0.6 is 0 Å². The van der Waals surface area contributed by atoms with Gasteiger partial charge in [0.2, 0.25) is 0 Å². The highest BCUT2D eigenvalue weighted by atomic mass is 16.4. The number of aliphatic hydroxyl groups excluding tert-OH is 1. The number of rotatable bonds is 3. The minimum absolute atomic E-state index is 0.309. The Morgan fingerprint density at radius 2 is 2.45 bits per heavy atom. The lowest BCUT2D eigenvalue weighted by Crippen LogP contribution is -2.11. The molecule has 0 aromatic carbocycles. The van der Waals surface area contributed by atoms with Crippen molar-refractivity contribution in [2.45, 2.75) is 12.6 Å². The monoisotopic (exact) mass is 156 g/mol. The maximum Gasteiger partial charge on any atom is 0.307 e. The summed E-state index contributed by atoms with van der Waals surface area (Å²) in [6.45, 7) is 0. The van der Waals surface area contributed by atoms with Crippen molar-refractivity contribution in [1.82, 2.24) is 9.55 Å². The van der Waals surface area contributed by atoms with Crippen LogP contribution in [0.2, 0.25) is 0 Å². The van der Waals surface area contributed by atoms with Gasteiger partial charge in [0.15, 0.2) is 0 Å². The molecule has 5 heteroatoms. The van der Waals surface area contributed by atoms with Crippen LogP contribution < -0.4 is 0 Å². The first-order valence-corrected chi connectivity index (χ1v) is 3.07. The van der Waals surface area contributed by atoms with Crippen molar-refractivity contribution in [1.29, 1.82) is 0 Å². The molecule has 0 aliphatic heterocycles. The minimum Gasteiger partial charge on any atom is -0.481 e. The van der Waals surface area contributed by atoms with E-state index in [-0.39, 0.29) is 6.42 Å². The van der Waals surface area contributed by atoms with Crippen molar-refractivity contribution in [3.05, 3.63) is 18.7 Å². The van der Waals surface area contributed by atoms with Crippen molar-refractivity contribution in [3.8, 4) is 0 Å². The molecule has 0 radical (unpaired) electrons. The van der Waals surface area contributed by atoms with Gasteiger partial charge in [-0.05, 0) is 0 Å². The van der Waals surface area contributed by atoms with Gasteiger partial charge in [-0.3, -0.25) is 4.79 Å². The summed E-state index contributed by atoms with van der Waals surface area (Å²) in [7, 11) is 0. The Labute approximate surface area is 62.9 Å². The zero-order valence-electron chi connectivity index (χ0n) is 5.71. The molecular formula is C6H8N2O3. The van der Waals surface area contributed by atoms with Crippen molar-refractivity contribution in [2.24, 2.45) is 0 Å². The largest absolute Gasteiger partial charge is 0.481 e. The number of nitrogens with zero attached hydrogens (tertiary/aromatic N) is 2. The van der Waals surface area contributed by atoms with E-state index in [0.29, 0.717) is 0 Å². The summed E-state index contributed by atoms with van der Waals surface area (Å²) >= 11 is 0. The van der Waals surface area contributed by atoms with Crippen molar-refractivity contribution >= 4 is 5.97 Å².